The Balaban J connectivity index is 1.41. The van der Waals surface area contributed by atoms with Crippen LogP contribution in [0.25, 0.3) is 0 Å². The van der Waals surface area contributed by atoms with Crippen molar-refractivity contribution in [2.75, 3.05) is 38.3 Å². The maximum absolute atomic E-state index is 14.4. The number of carbonyl (C=O) groups is 3. The second-order valence-electron chi connectivity index (χ2n) is 11.3. The van der Waals surface area contributed by atoms with Crippen LogP contribution in [0, 0.1) is 11.8 Å². The number of hydrogen-bond acceptors (Lipinski definition) is 6. The normalized spacial score (nSPS) is 30.7. The lowest BCUT2D eigenvalue weighted by Gasteiger charge is -2.37. The molecular formula is C32H35N3O6. The zero-order chi connectivity index (χ0) is 28.8. The van der Waals surface area contributed by atoms with Crippen LogP contribution in [0.3, 0.4) is 0 Å². The molecule has 6 rings (SSSR count). The Morgan fingerprint density at radius 1 is 0.927 bits per heavy atom. The van der Waals surface area contributed by atoms with Crippen molar-refractivity contribution in [1.82, 2.24) is 9.80 Å². The molecule has 9 nitrogen and oxygen atoms in total. The number of aliphatic hydroxyl groups excluding tert-OH is 1. The van der Waals surface area contributed by atoms with E-state index in [0.717, 1.165) is 5.56 Å². The van der Waals surface area contributed by atoms with E-state index >= 15 is 0 Å². The first-order valence-electron chi connectivity index (χ1n) is 14.1. The Bertz CT molecular complexity index is 1390. The van der Waals surface area contributed by atoms with Gasteiger partial charge in [-0.2, -0.15) is 0 Å². The van der Waals surface area contributed by atoms with Gasteiger partial charge in [0.15, 0.2) is 0 Å². The summed E-state index contributed by atoms with van der Waals surface area (Å²) in [6, 6.07) is 16.0. The standard InChI is InChI=1S/C32H35N3O6/c1-31-15-6-17-33(21-22-9-4-3-5-10-22)28(37)25(31)26-29(38)35(19-8-20-36)27-30(39)34(18-7-16-32(26,27)41-31)23-11-13-24(40-2)14-12-23/h3-7,9-16,25-27,36H,8,17-21H2,1-2H3/t25-,26-,27?,31+,32-/m0/s1. The molecule has 1 spiro atoms. The summed E-state index contributed by atoms with van der Waals surface area (Å²) in [7, 11) is 1.58. The molecule has 41 heavy (non-hydrogen) atoms. The zero-order valence-corrected chi connectivity index (χ0v) is 23.3. The van der Waals surface area contributed by atoms with Gasteiger partial charge in [0.2, 0.25) is 11.8 Å². The van der Waals surface area contributed by atoms with Gasteiger partial charge in [0, 0.05) is 38.5 Å². The first kappa shape index (κ1) is 27.2. The van der Waals surface area contributed by atoms with Crippen LogP contribution in [-0.4, -0.2) is 83.2 Å². The molecule has 0 bridgehead atoms. The average molecular weight is 558 g/mol. The minimum absolute atomic E-state index is 0.130. The summed E-state index contributed by atoms with van der Waals surface area (Å²) in [5.41, 5.74) is -0.755. The Hall–Kier alpha value is -3.95. The highest BCUT2D eigenvalue weighted by molar-refractivity contribution is 6.06. The lowest BCUT2D eigenvalue weighted by molar-refractivity contribution is -0.149. The van der Waals surface area contributed by atoms with Crippen molar-refractivity contribution in [3.05, 3.63) is 84.5 Å². The molecule has 2 saturated heterocycles. The average Bonchev–Trinajstić information content (AvgIpc) is 3.25. The Morgan fingerprint density at radius 2 is 1.66 bits per heavy atom. The fraction of sp³-hybridized carbons (Fsp3) is 0.406. The van der Waals surface area contributed by atoms with E-state index in [1.54, 1.807) is 29.0 Å². The summed E-state index contributed by atoms with van der Waals surface area (Å²) < 4.78 is 12.1. The van der Waals surface area contributed by atoms with E-state index in [2.05, 4.69) is 0 Å². The van der Waals surface area contributed by atoms with Crippen LogP contribution < -0.4 is 9.64 Å². The van der Waals surface area contributed by atoms with Crippen LogP contribution in [0.4, 0.5) is 5.69 Å². The minimum atomic E-state index is -1.33. The molecule has 4 aliphatic heterocycles. The van der Waals surface area contributed by atoms with Gasteiger partial charge >= 0.3 is 0 Å². The van der Waals surface area contributed by atoms with E-state index in [-0.39, 0.29) is 37.4 Å². The Morgan fingerprint density at radius 3 is 2.37 bits per heavy atom. The highest BCUT2D eigenvalue weighted by Crippen LogP contribution is 2.57. The second-order valence-corrected chi connectivity index (χ2v) is 11.3. The maximum Gasteiger partial charge on any atom is 0.253 e. The number of aliphatic hydroxyl groups is 1. The fourth-order valence-corrected chi connectivity index (χ4v) is 6.99. The van der Waals surface area contributed by atoms with Gasteiger partial charge in [-0.25, -0.2) is 0 Å². The van der Waals surface area contributed by atoms with Gasteiger partial charge < -0.3 is 29.3 Å². The highest BCUT2D eigenvalue weighted by atomic mass is 16.5. The molecular weight excluding hydrogens is 522 g/mol. The number of ether oxygens (including phenoxy) is 2. The number of hydrogen-bond donors (Lipinski definition) is 1. The van der Waals surface area contributed by atoms with Gasteiger partial charge in [-0.3, -0.25) is 14.4 Å². The first-order chi connectivity index (χ1) is 19.8. The van der Waals surface area contributed by atoms with Gasteiger partial charge in [0.25, 0.3) is 5.91 Å². The fourth-order valence-electron chi connectivity index (χ4n) is 6.99. The van der Waals surface area contributed by atoms with Crippen molar-refractivity contribution in [2.45, 2.75) is 37.1 Å². The third-order valence-electron chi connectivity index (χ3n) is 8.80. The summed E-state index contributed by atoms with van der Waals surface area (Å²) in [6.07, 6.45) is 7.82. The molecule has 9 heteroatoms. The number of likely N-dealkylation sites (tertiary alicyclic amines) is 1. The molecule has 3 amide bonds. The van der Waals surface area contributed by atoms with Crippen molar-refractivity contribution in [2.24, 2.45) is 11.8 Å². The predicted octanol–water partition coefficient (Wildman–Crippen LogP) is 2.55. The van der Waals surface area contributed by atoms with Crippen LogP contribution >= 0.6 is 0 Å². The molecule has 4 aliphatic rings. The molecule has 1 N–H and O–H groups in total. The number of carbonyl (C=O) groups excluding carboxylic acids is 3. The summed E-state index contributed by atoms with van der Waals surface area (Å²) in [6.45, 7) is 2.98. The van der Waals surface area contributed by atoms with Crippen molar-refractivity contribution >= 4 is 23.4 Å². The smallest absolute Gasteiger partial charge is 0.253 e. The van der Waals surface area contributed by atoms with Crippen molar-refractivity contribution in [1.29, 1.82) is 0 Å². The SMILES string of the molecule is COc1ccc(N2CC=C[C@]34O[C@]5(C)C=CCN(Cc6ccccc6)C(=O)[C@@H]5[C@H]3C(=O)N(CCCO)C4C2=O)cc1. The second kappa shape index (κ2) is 10.5. The molecule has 0 radical (unpaired) electrons. The molecule has 2 aromatic rings. The number of methoxy groups -OCH3 is 1. The van der Waals surface area contributed by atoms with E-state index in [0.29, 0.717) is 30.9 Å². The van der Waals surface area contributed by atoms with Crippen LogP contribution in [0.2, 0.25) is 0 Å². The molecule has 5 atom stereocenters. The van der Waals surface area contributed by atoms with Crippen LogP contribution in [0.5, 0.6) is 5.75 Å². The number of nitrogens with zero attached hydrogens (tertiary/aromatic N) is 3. The number of anilines is 1. The van der Waals surface area contributed by atoms with Crippen LogP contribution in [-0.2, 0) is 25.7 Å². The Kier molecular flexibility index (Phi) is 6.95. The van der Waals surface area contributed by atoms with Crippen molar-refractivity contribution in [3.63, 3.8) is 0 Å². The lowest BCUT2D eigenvalue weighted by atomic mass is 9.74. The quantitative estimate of drug-likeness (QED) is 0.526. The molecule has 2 aromatic carbocycles. The van der Waals surface area contributed by atoms with Crippen LogP contribution in [0.1, 0.15) is 18.9 Å². The van der Waals surface area contributed by atoms with E-state index < -0.39 is 29.1 Å². The predicted molar refractivity (Wildman–Crippen MR) is 152 cm³/mol. The highest BCUT2D eigenvalue weighted by Gasteiger charge is 2.74. The molecule has 0 aromatic heterocycles. The largest absolute Gasteiger partial charge is 0.497 e. The summed E-state index contributed by atoms with van der Waals surface area (Å²) >= 11 is 0. The van der Waals surface area contributed by atoms with Crippen molar-refractivity contribution in [3.8, 4) is 5.75 Å². The maximum atomic E-state index is 14.4. The van der Waals surface area contributed by atoms with Crippen molar-refractivity contribution < 1.29 is 29.0 Å². The van der Waals surface area contributed by atoms with E-state index in [1.165, 1.54) is 4.90 Å². The summed E-state index contributed by atoms with van der Waals surface area (Å²) in [5, 5.41) is 9.63. The van der Waals surface area contributed by atoms with Gasteiger partial charge in [-0.1, -0.05) is 54.6 Å². The van der Waals surface area contributed by atoms with Gasteiger partial charge in [0.1, 0.15) is 17.4 Å². The van der Waals surface area contributed by atoms with Gasteiger partial charge in [-0.05, 0) is 43.2 Å². The zero-order valence-electron chi connectivity index (χ0n) is 23.3. The molecule has 2 fully saturated rings. The van der Waals surface area contributed by atoms with E-state index in [1.807, 2.05) is 73.7 Å². The topological polar surface area (TPSA) is 99.6 Å². The number of amides is 3. The third-order valence-corrected chi connectivity index (χ3v) is 8.80. The molecule has 214 valence electrons. The molecule has 4 heterocycles. The Labute approximate surface area is 239 Å². The third kappa shape index (κ3) is 4.35. The number of benzene rings is 2. The van der Waals surface area contributed by atoms with Gasteiger partial charge in [0.05, 0.1) is 24.5 Å². The summed E-state index contributed by atoms with van der Waals surface area (Å²) in [4.78, 5) is 47.9. The molecule has 0 aliphatic carbocycles. The molecule has 0 saturated carbocycles. The first-order valence-corrected chi connectivity index (χ1v) is 14.1. The lowest BCUT2D eigenvalue weighted by Crippen LogP contribution is -2.56. The number of fused-ring (bicyclic) bond motifs is 2. The van der Waals surface area contributed by atoms with Gasteiger partial charge in [-0.15, -0.1) is 0 Å². The van der Waals surface area contributed by atoms with E-state index in [9.17, 15) is 19.5 Å². The summed E-state index contributed by atoms with van der Waals surface area (Å²) in [5.74, 6) is -1.79. The monoisotopic (exact) mass is 557 g/mol. The number of rotatable bonds is 7. The minimum Gasteiger partial charge on any atom is -0.497 e. The molecule has 1 unspecified atom stereocenters. The van der Waals surface area contributed by atoms with Crippen LogP contribution in [0.15, 0.2) is 78.9 Å². The van der Waals surface area contributed by atoms with E-state index in [4.69, 9.17) is 9.47 Å².